The molecular weight excluding hydrogens is 430 g/mol. The van der Waals surface area contributed by atoms with Crippen molar-refractivity contribution in [2.45, 2.75) is 46.0 Å². The van der Waals surface area contributed by atoms with E-state index in [1.54, 1.807) is 24.4 Å². The zero-order chi connectivity index (χ0) is 23.5. The van der Waals surface area contributed by atoms with Gasteiger partial charge in [-0.2, -0.15) is 5.26 Å². The lowest BCUT2D eigenvalue weighted by molar-refractivity contribution is 0.0499. The van der Waals surface area contributed by atoms with Crippen LogP contribution in [0.1, 0.15) is 60.5 Å². The number of nitrogens with one attached hydrogen (secondary N) is 1. The number of hydrogen-bond donors (Lipinski definition) is 1. The van der Waals surface area contributed by atoms with E-state index < -0.39 is 0 Å². The number of aromatic nitrogens is 1. The summed E-state index contributed by atoms with van der Waals surface area (Å²) in [6, 6.07) is 17.6. The largest absolute Gasteiger partial charge is 0.462 e. The van der Waals surface area contributed by atoms with Crippen molar-refractivity contribution in [1.29, 1.82) is 5.26 Å². The first-order valence-corrected chi connectivity index (χ1v) is 12.2. The van der Waals surface area contributed by atoms with Gasteiger partial charge in [-0.3, -0.25) is 0 Å². The Morgan fingerprint density at radius 1 is 1.12 bits per heavy atom. The van der Waals surface area contributed by atoms with Crippen molar-refractivity contribution >= 4 is 28.6 Å². The highest BCUT2D eigenvalue weighted by Gasteiger charge is 2.13. The van der Waals surface area contributed by atoms with Crippen molar-refractivity contribution in [3.05, 3.63) is 76.2 Å². The molecule has 3 aromatic rings. The van der Waals surface area contributed by atoms with Gasteiger partial charge in [-0.25, -0.2) is 9.78 Å². The van der Waals surface area contributed by atoms with Crippen LogP contribution in [-0.2, 0) is 11.2 Å². The van der Waals surface area contributed by atoms with Gasteiger partial charge in [-0.1, -0.05) is 69.5 Å². The quantitative estimate of drug-likeness (QED) is 0.188. The van der Waals surface area contributed by atoms with Crippen LogP contribution in [0.5, 0.6) is 0 Å². The highest BCUT2D eigenvalue weighted by molar-refractivity contribution is 7.11. The first kappa shape index (κ1) is 24.2. The van der Waals surface area contributed by atoms with Crippen LogP contribution in [0.3, 0.4) is 0 Å². The fourth-order valence-electron chi connectivity index (χ4n) is 3.29. The minimum atomic E-state index is -0.367. The molecule has 0 radical (unpaired) electrons. The molecule has 33 heavy (non-hydrogen) atoms. The maximum absolute atomic E-state index is 12.5. The van der Waals surface area contributed by atoms with Crippen LogP contribution in [0.4, 0.5) is 5.69 Å². The van der Waals surface area contributed by atoms with E-state index in [2.05, 4.69) is 54.5 Å². The third kappa shape index (κ3) is 6.77. The molecule has 1 N–H and O–H groups in total. The fourth-order valence-corrected chi connectivity index (χ4v) is 4.09. The number of carbonyl (C=O) groups is 1. The number of carbonyl (C=O) groups excluding carboxylic acids is 1. The molecule has 0 atom stereocenters. The normalized spacial score (nSPS) is 11.1. The molecule has 0 bridgehead atoms. The van der Waals surface area contributed by atoms with Gasteiger partial charge in [0, 0.05) is 17.1 Å². The lowest BCUT2D eigenvalue weighted by Gasteiger charge is -2.09. The number of esters is 1. The molecule has 3 rings (SSSR count). The number of unbranched alkanes of at least 4 members (excludes halogenated alkanes) is 3. The topological polar surface area (TPSA) is 75.0 Å². The average molecular weight is 460 g/mol. The Bertz CT molecular complexity index is 1130. The van der Waals surface area contributed by atoms with E-state index in [1.165, 1.54) is 16.9 Å². The van der Waals surface area contributed by atoms with E-state index in [-0.39, 0.29) is 5.97 Å². The average Bonchev–Trinajstić information content (AvgIpc) is 3.34. The Kier molecular flexibility index (Phi) is 9.22. The van der Waals surface area contributed by atoms with E-state index in [9.17, 15) is 10.1 Å². The lowest BCUT2D eigenvalue weighted by Crippen LogP contribution is -2.09. The number of aryl methyl sites for hydroxylation is 1. The van der Waals surface area contributed by atoms with Crippen molar-refractivity contribution in [3.8, 4) is 17.3 Å². The third-order valence-electron chi connectivity index (χ3n) is 5.26. The molecule has 0 amide bonds. The maximum atomic E-state index is 12.5. The van der Waals surface area contributed by atoms with Crippen LogP contribution in [0, 0.1) is 11.3 Å². The third-order valence-corrected chi connectivity index (χ3v) is 6.14. The molecule has 0 saturated carbocycles. The van der Waals surface area contributed by atoms with Gasteiger partial charge in [0.25, 0.3) is 0 Å². The maximum Gasteiger partial charge on any atom is 0.340 e. The van der Waals surface area contributed by atoms with Crippen molar-refractivity contribution in [2.24, 2.45) is 0 Å². The van der Waals surface area contributed by atoms with E-state index in [1.807, 2.05) is 11.4 Å². The number of allylic oxidation sites excluding steroid dienone is 1. The van der Waals surface area contributed by atoms with E-state index >= 15 is 0 Å². The lowest BCUT2D eigenvalue weighted by atomic mass is 10.1. The molecule has 1 heterocycles. The number of nitrogens with zero attached hydrogens (tertiary/aromatic N) is 2. The summed E-state index contributed by atoms with van der Waals surface area (Å²) in [6.45, 7) is 4.68. The number of rotatable bonds is 11. The van der Waals surface area contributed by atoms with Gasteiger partial charge in [0.2, 0.25) is 0 Å². The molecule has 0 saturated heterocycles. The Morgan fingerprint density at radius 3 is 2.64 bits per heavy atom. The summed E-state index contributed by atoms with van der Waals surface area (Å²) >= 11 is 1.42. The SMILES string of the molecule is CCCCCCOC(=O)c1ccccc1N/C=C(\C#N)c1nc(-c2ccc(CC)cc2)cs1. The van der Waals surface area contributed by atoms with Gasteiger partial charge in [-0.05, 0) is 30.5 Å². The standard InChI is InChI=1S/C27H29N3O2S/c1-3-5-6-9-16-32-27(31)23-10-7-8-11-24(23)29-18-22(17-28)26-30-25(19-33-26)21-14-12-20(4-2)13-15-21/h7-8,10-15,18-19,29H,3-6,9,16H2,1-2H3/b22-18+. The first-order chi connectivity index (χ1) is 16.2. The van der Waals surface area contributed by atoms with Gasteiger partial charge in [0.15, 0.2) is 0 Å². The van der Waals surface area contributed by atoms with Crippen LogP contribution in [-0.4, -0.2) is 17.6 Å². The van der Waals surface area contributed by atoms with Crippen LogP contribution >= 0.6 is 11.3 Å². The summed E-state index contributed by atoms with van der Waals surface area (Å²) in [5.41, 5.74) is 4.57. The fraction of sp³-hybridized carbons (Fsp3) is 0.296. The van der Waals surface area contributed by atoms with Crippen molar-refractivity contribution in [1.82, 2.24) is 4.98 Å². The number of nitriles is 1. The van der Waals surface area contributed by atoms with Gasteiger partial charge >= 0.3 is 5.97 Å². The number of thiazole rings is 1. The van der Waals surface area contributed by atoms with Crippen LogP contribution < -0.4 is 5.32 Å². The van der Waals surface area contributed by atoms with Crippen LogP contribution in [0.15, 0.2) is 60.1 Å². The Labute approximate surface area is 199 Å². The highest BCUT2D eigenvalue weighted by atomic mass is 32.1. The summed E-state index contributed by atoms with van der Waals surface area (Å²) < 4.78 is 5.43. The van der Waals surface area contributed by atoms with Crippen molar-refractivity contribution in [2.75, 3.05) is 11.9 Å². The van der Waals surface area contributed by atoms with Gasteiger partial charge in [0.05, 0.1) is 23.6 Å². The molecule has 0 aliphatic carbocycles. The molecule has 0 fully saturated rings. The van der Waals surface area contributed by atoms with Gasteiger partial charge in [-0.15, -0.1) is 11.3 Å². The Hall–Kier alpha value is -3.43. The second-order valence-electron chi connectivity index (χ2n) is 7.64. The molecule has 170 valence electrons. The zero-order valence-electron chi connectivity index (χ0n) is 19.1. The van der Waals surface area contributed by atoms with Crippen molar-refractivity contribution in [3.63, 3.8) is 0 Å². The monoisotopic (exact) mass is 459 g/mol. The molecule has 1 aromatic heterocycles. The number of para-hydroxylation sites is 1. The van der Waals surface area contributed by atoms with E-state index in [4.69, 9.17) is 4.74 Å². The first-order valence-electron chi connectivity index (χ1n) is 11.3. The molecule has 0 unspecified atom stereocenters. The predicted octanol–water partition coefficient (Wildman–Crippen LogP) is 7.09. The predicted molar refractivity (Wildman–Crippen MR) is 135 cm³/mol. The number of hydrogen-bond acceptors (Lipinski definition) is 6. The summed E-state index contributed by atoms with van der Waals surface area (Å²) in [5.74, 6) is -0.367. The van der Waals surface area contributed by atoms with Gasteiger partial charge in [0.1, 0.15) is 16.6 Å². The molecule has 0 aliphatic rings. The number of anilines is 1. The van der Waals surface area contributed by atoms with Crippen molar-refractivity contribution < 1.29 is 9.53 Å². The second-order valence-corrected chi connectivity index (χ2v) is 8.50. The number of benzene rings is 2. The number of ether oxygens (including phenoxy) is 1. The zero-order valence-corrected chi connectivity index (χ0v) is 20.0. The van der Waals surface area contributed by atoms with E-state index in [0.717, 1.165) is 43.4 Å². The minimum Gasteiger partial charge on any atom is -0.462 e. The van der Waals surface area contributed by atoms with Crippen LogP contribution in [0.2, 0.25) is 0 Å². The second kappa shape index (κ2) is 12.6. The summed E-state index contributed by atoms with van der Waals surface area (Å²) in [4.78, 5) is 17.2. The van der Waals surface area contributed by atoms with Crippen LogP contribution in [0.25, 0.3) is 16.8 Å². The molecule has 0 aliphatic heterocycles. The summed E-state index contributed by atoms with van der Waals surface area (Å²) in [7, 11) is 0. The molecule has 5 nitrogen and oxygen atoms in total. The Morgan fingerprint density at radius 2 is 1.91 bits per heavy atom. The molecule has 0 spiro atoms. The molecule has 6 heteroatoms. The molecular formula is C27H29N3O2S. The molecule has 2 aromatic carbocycles. The smallest absolute Gasteiger partial charge is 0.340 e. The summed E-state index contributed by atoms with van der Waals surface area (Å²) in [6.07, 6.45) is 6.78. The highest BCUT2D eigenvalue weighted by Crippen LogP contribution is 2.27. The Balaban J connectivity index is 1.70. The van der Waals surface area contributed by atoms with E-state index in [0.29, 0.717) is 28.4 Å². The minimum absolute atomic E-state index is 0.367. The van der Waals surface area contributed by atoms with Gasteiger partial charge < -0.3 is 10.1 Å². The summed E-state index contributed by atoms with van der Waals surface area (Å²) in [5, 5.41) is 15.4.